The quantitative estimate of drug-likeness (QED) is 0.876. The van der Waals surface area contributed by atoms with Crippen LogP contribution >= 0.6 is 22.6 Å². The van der Waals surface area contributed by atoms with Crippen LogP contribution in [0, 0.1) is 9.39 Å². The van der Waals surface area contributed by atoms with Gasteiger partial charge in [0.2, 0.25) is 0 Å². The SMILES string of the molecule is NCC(c1cccc(F)c1)n1cc(I)cn1. The third-order valence-corrected chi connectivity index (χ3v) is 2.90. The van der Waals surface area contributed by atoms with Crippen LogP contribution in [-0.4, -0.2) is 16.3 Å². The zero-order chi connectivity index (χ0) is 11.5. The van der Waals surface area contributed by atoms with Crippen molar-refractivity contribution in [2.75, 3.05) is 6.54 Å². The minimum atomic E-state index is -0.252. The van der Waals surface area contributed by atoms with Gasteiger partial charge in [-0.05, 0) is 40.3 Å². The van der Waals surface area contributed by atoms with Crippen LogP contribution < -0.4 is 5.73 Å². The lowest BCUT2D eigenvalue weighted by atomic mass is 10.1. The predicted molar refractivity (Wildman–Crippen MR) is 68.5 cm³/mol. The molecule has 2 N–H and O–H groups in total. The largest absolute Gasteiger partial charge is 0.328 e. The molecule has 84 valence electrons. The van der Waals surface area contributed by atoms with Crippen LogP contribution in [0.3, 0.4) is 0 Å². The smallest absolute Gasteiger partial charge is 0.123 e. The van der Waals surface area contributed by atoms with Crippen molar-refractivity contribution in [3.63, 3.8) is 0 Å². The van der Waals surface area contributed by atoms with E-state index in [1.54, 1.807) is 16.9 Å². The molecule has 2 aromatic rings. The van der Waals surface area contributed by atoms with Gasteiger partial charge in [0.25, 0.3) is 0 Å². The molecule has 3 nitrogen and oxygen atoms in total. The van der Waals surface area contributed by atoms with E-state index >= 15 is 0 Å². The van der Waals surface area contributed by atoms with Gasteiger partial charge >= 0.3 is 0 Å². The molecule has 0 spiro atoms. The molecule has 0 saturated carbocycles. The second kappa shape index (κ2) is 4.92. The van der Waals surface area contributed by atoms with E-state index in [9.17, 15) is 4.39 Å². The van der Waals surface area contributed by atoms with Crippen molar-refractivity contribution in [1.29, 1.82) is 0 Å². The Morgan fingerprint density at radius 2 is 2.31 bits per heavy atom. The van der Waals surface area contributed by atoms with Crippen LogP contribution in [-0.2, 0) is 0 Å². The summed E-state index contributed by atoms with van der Waals surface area (Å²) in [5.74, 6) is -0.252. The number of aromatic nitrogens is 2. The standard InChI is InChI=1S/C11H11FIN3/c12-9-3-1-2-8(4-9)11(5-14)16-7-10(13)6-15-16/h1-4,6-7,11H,5,14H2. The maximum absolute atomic E-state index is 13.1. The Labute approximate surface area is 107 Å². The van der Waals surface area contributed by atoms with Gasteiger partial charge in [-0.3, -0.25) is 4.68 Å². The van der Waals surface area contributed by atoms with Crippen molar-refractivity contribution in [3.05, 3.63) is 51.6 Å². The fourth-order valence-corrected chi connectivity index (χ4v) is 2.01. The molecule has 5 heteroatoms. The van der Waals surface area contributed by atoms with E-state index in [1.807, 2.05) is 12.3 Å². The molecule has 0 aliphatic heterocycles. The Balaban J connectivity index is 2.36. The van der Waals surface area contributed by atoms with E-state index < -0.39 is 0 Å². The normalized spacial score (nSPS) is 12.7. The molecule has 0 amide bonds. The number of nitrogens with zero attached hydrogens (tertiary/aromatic N) is 2. The summed E-state index contributed by atoms with van der Waals surface area (Å²) in [6.07, 6.45) is 3.64. The van der Waals surface area contributed by atoms with E-state index in [4.69, 9.17) is 5.73 Å². The molecule has 1 heterocycles. The number of rotatable bonds is 3. The Morgan fingerprint density at radius 3 is 2.88 bits per heavy atom. The first-order valence-electron chi connectivity index (χ1n) is 4.86. The average molecular weight is 331 g/mol. The summed E-state index contributed by atoms with van der Waals surface area (Å²) < 4.78 is 15.9. The topological polar surface area (TPSA) is 43.8 Å². The second-order valence-corrected chi connectivity index (χ2v) is 4.69. The molecule has 0 fully saturated rings. The van der Waals surface area contributed by atoms with Gasteiger partial charge in [-0.1, -0.05) is 12.1 Å². The van der Waals surface area contributed by atoms with E-state index in [-0.39, 0.29) is 11.9 Å². The molecule has 0 bridgehead atoms. The maximum atomic E-state index is 13.1. The van der Waals surface area contributed by atoms with Gasteiger partial charge in [0.05, 0.1) is 15.8 Å². The lowest BCUT2D eigenvalue weighted by Crippen LogP contribution is -2.20. The highest BCUT2D eigenvalue weighted by atomic mass is 127. The first-order valence-corrected chi connectivity index (χ1v) is 5.94. The summed E-state index contributed by atoms with van der Waals surface area (Å²) >= 11 is 2.18. The maximum Gasteiger partial charge on any atom is 0.123 e. The van der Waals surface area contributed by atoms with E-state index in [0.717, 1.165) is 9.13 Å². The minimum Gasteiger partial charge on any atom is -0.328 e. The zero-order valence-electron chi connectivity index (χ0n) is 8.48. The van der Waals surface area contributed by atoms with Gasteiger partial charge in [-0.25, -0.2) is 4.39 Å². The lowest BCUT2D eigenvalue weighted by molar-refractivity contribution is 0.526. The van der Waals surface area contributed by atoms with Gasteiger partial charge in [-0.15, -0.1) is 0 Å². The van der Waals surface area contributed by atoms with E-state index in [0.29, 0.717) is 6.54 Å². The Kier molecular flexibility index (Phi) is 3.55. The predicted octanol–water partition coefficient (Wildman–Crippen LogP) is 2.17. The fourth-order valence-electron chi connectivity index (χ4n) is 1.60. The highest BCUT2D eigenvalue weighted by Gasteiger charge is 2.13. The van der Waals surface area contributed by atoms with Crippen molar-refractivity contribution >= 4 is 22.6 Å². The monoisotopic (exact) mass is 331 g/mol. The van der Waals surface area contributed by atoms with Crippen molar-refractivity contribution in [2.24, 2.45) is 5.73 Å². The van der Waals surface area contributed by atoms with Crippen molar-refractivity contribution < 1.29 is 4.39 Å². The zero-order valence-corrected chi connectivity index (χ0v) is 10.6. The third-order valence-electron chi connectivity index (χ3n) is 2.35. The van der Waals surface area contributed by atoms with E-state index in [2.05, 4.69) is 27.7 Å². The Bertz CT molecular complexity index is 484. The van der Waals surface area contributed by atoms with Crippen LogP contribution in [0.1, 0.15) is 11.6 Å². The molecule has 1 unspecified atom stereocenters. The van der Waals surface area contributed by atoms with E-state index in [1.165, 1.54) is 12.1 Å². The molecular formula is C11H11FIN3. The first kappa shape index (κ1) is 11.5. The summed E-state index contributed by atoms with van der Waals surface area (Å²) in [5, 5.41) is 4.20. The summed E-state index contributed by atoms with van der Waals surface area (Å²) in [6, 6.07) is 6.34. The molecule has 0 aliphatic carbocycles. The fraction of sp³-hybridized carbons (Fsp3) is 0.182. The number of nitrogens with two attached hydrogens (primary N) is 1. The van der Waals surface area contributed by atoms with Gasteiger partial charge in [0.15, 0.2) is 0 Å². The molecule has 0 aliphatic rings. The van der Waals surface area contributed by atoms with Crippen LogP contribution in [0.25, 0.3) is 0 Å². The third kappa shape index (κ3) is 2.41. The van der Waals surface area contributed by atoms with Crippen LogP contribution in [0.5, 0.6) is 0 Å². The van der Waals surface area contributed by atoms with Crippen molar-refractivity contribution in [1.82, 2.24) is 9.78 Å². The molecule has 1 atom stereocenters. The Morgan fingerprint density at radius 1 is 1.50 bits per heavy atom. The number of halogens is 2. The number of benzene rings is 1. The highest BCUT2D eigenvalue weighted by Crippen LogP contribution is 2.18. The second-order valence-electron chi connectivity index (χ2n) is 3.45. The summed E-state index contributed by atoms with van der Waals surface area (Å²) in [4.78, 5) is 0. The minimum absolute atomic E-state index is 0.112. The summed E-state index contributed by atoms with van der Waals surface area (Å²) in [6.45, 7) is 0.390. The lowest BCUT2D eigenvalue weighted by Gasteiger charge is -2.15. The number of hydrogen-bond donors (Lipinski definition) is 1. The van der Waals surface area contributed by atoms with Crippen LogP contribution in [0.2, 0.25) is 0 Å². The van der Waals surface area contributed by atoms with Crippen molar-refractivity contribution in [3.8, 4) is 0 Å². The first-order chi connectivity index (χ1) is 7.70. The van der Waals surface area contributed by atoms with Gasteiger partial charge in [-0.2, -0.15) is 5.10 Å². The van der Waals surface area contributed by atoms with Crippen molar-refractivity contribution in [2.45, 2.75) is 6.04 Å². The van der Waals surface area contributed by atoms with Crippen LogP contribution in [0.4, 0.5) is 4.39 Å². The molecular weight excluding hydrogens is 320 g/mol. The summed E-state index contributed by atoms with van der Waals surface area (Å²) in [7, 11) is 0. The van der Waals surface area contributed by atoms with Gasteiger partial charge < -0.3 is 5.73 Å². The molecule has 2 rings (SSSR count). The molecule has 0 radical (unpaired) electrons. The number of hydrogen-bond acceptors (Lipinski definition) is 2. The highest BCUT2D eigenvalue weighted by molar-refractivity contribution is 14.1. The van der Waals surface area contributed by atoms with Gasteiger partial charge in [0, 0.05) is 12.7 Å². The molecule has 1 aromatic heterocycles. The molecule has 0 saturated heterocycles. The molecule has 16 heavy (non-hydrogen) atoms. The van der Waals surface area contributed by atoms with Crippen LogP contribution in [0.15, 0.2) is 36.7 Å². The molecule has 1 aromatic carbocycles. The Hall–Kier alpha value is -0.950. The van der Waals surface area contributed by atoms with Gasteiger partial charge in [0.1, 0.15) is 5.82 Å². The average Bonchev–Trinajstić information content (AvgIpc) is 2.66. The summed E-state index contributed by atoms with van der Waals surface area (Å²) in [5.41, 5.74) is 6.55.